The van der Waals surface area contributed by atoms with Crippen molar-refractivity contribution in [2.24, 2.45) is 0 Å². The molecule has 1 unspecified atom stereocenters. The Morgan fingerprint density at radius 1 is 1.39 bits per heavy atom. The minimum absolute atomic E-state index is 0.121. The van der Waals surface area contributed by atoms with Crippen LogP contribution in [0, 0.1) is 6.92 Å². The van der Waals surface area contributed by atoms with Crippen molar-refractivity contribution in [3.8, 4) is 5.69 Å². The highest BCUT2D eigenvalue weighted by Gasteiger charge is 2.20. The molecule has 6 nitrogen and oxygen atoms in total. The molecule has 1 aromatic heterocycles. The molecular formula is C17H22N4O2. The van der Waals surface area contributed by atoms with Crippen molar-refractivity contribution in [2.45, 2.75) is 39.2 Å². The third-order valence-corrected chi connectivity index (χ3v) is 4.21. The summed E-state index contributed by atoms with van der Waals surface area (Å²) < 4.78 is 7.20. The second-order valence-electron chi connectivity index (χ2n) is 5.80. The molecule has 2 heterocycles. The first-order chi connectivity index (χ1) is 11.2. The Labute approximate surface area is 135 Å². The lowest BCUT2D eigenvalue weighted by molar-refractivity contribution is 0.0853. The number of ether oxygens (including phenoxy) is 1. The third-order valence-electron chi connectivity index (χ3n) is 4.21. The van der Waals surface area contributed by atoms with Crippen LogP contribution < -0.4 is 5.32 Å². The number of nitrogens with zero attached hydrogens (tertiary/aromatic N) is 3. The summed E-state index contributed by atoms with van der Waals surface area (Å²) >= 11 is 0. The quantitative estimate of drug-likeness (QED) is 0.917. The van der Waals surface area contributed by atoms with Gasteiger partial charge in [-0.15, -0.1) is 5.10 Å². The third kappa shape index (κ3) is 3.42. The monoisotopic (exact) mass is 314 g/mol. The second kappa shape index (κ2) is 6.91. The summed E-state index contributed by atoms with van der Waals surface area (Å²) in [4.78, 5) is 12.3. The molecule has 1 N–H and O–H groups in total. The van der Waals surface area contributed by atoms with Crippen molar-refractivity contribution in [1.29, 1.82) is 0 Å². The average molecular weight is 314 g/mol. The molecule has 0 saturated carbocycles. The first kappa shape index (κ1) is 15.7. The molecule has 1 atom stereocenters. The van der Waals surface area contributed by atoms with Crippen LogP contribution in [0.2, 0.25) is 0 Å². The zero-order chi connectivity index (χ0) is 16.2. The molecule has 2 aromatic rings. The lowest BCUT2D eigenvalue weighted by Gasteiger charge is -2.10. The van der Waals surface area contributed by atoms with E-state index in [4.69, 9.17) is 4.74 Å². The van der Waals surface area contributed by atoms with Crippen LogP contribution >= 0.6 is 0 Å². The van der Waals surface area contributed by atoms with Gasteiger partial charge >= 0.3 is 0 Å². The van der Waals surface area contributed by atoms with Crippen molar-refractivity contribution in [2.75, 3.05) is 13.2 Å². The Hall–Kier alpha value is -2.21. The van der Waals surface area contributed by atoms with Crippen molar-refractivity contribution in [3.05, 3.63) is 41.2 Å². The highest BCUT2D eigenvalue weighted by molar-refractivity contribution is 5.93. The van der Waals surface area contributed by atoms with Gasteiger partial charge in [0.15, 0.2) is 5.69 Å². The molecule has 6 heteroatoms. The predicted molar refractivity (Wildman–Crippen MR) is 86.8 cm³/mol. The second-order valence-corrected chi connectivity index (χ2v) is 5.80. The molecule has 1 aliphatic rings. The number of nitrogens with one attached hydrogen (secondary N) is 1. The highest BCUT2D eigenvalue weighted by Crippen LogP contribution is 2.14. The standard InChI is InChI=1S/C17H22N4O2/c1-3-13-6-8-14(9-7-13)21-12(2)16(19-20-21)17(22)18-11-15-5-4-10-23-15/h6-9,15H,3-5,10-11H2,1-2H3,(H,18,22). The summed E-state index contributed by atoms with van der Waals surface area (Å²) in [5.41, 5.74) is 3.27. The van der Waals surface area contributed by atoms with Gasteiger partial charge in [0.25, 0.3) is 5.91 Å². The van der Waals surface area contributed by atoms with Crippen molar-refractivity contribution >= 4 is 5.91 Å². The fraction of sp³-hybridized carbons (Fsp3) is 0.471. The van der Waals surface area contributed by atoms with Crippen LogP contribution in [0.5, 0.6) is 0 Å². The number of aromatic nitrogens is 3. The molecule has 3 rings (SSSR count). The van der Waals surface area contributed by atoms with E-state index in [-0.39, 0.29) is 12.0 Å². The Balaban J connectivity index is 1.71. The van der Waals surface area contributed by atoms with E-state index in [1.165, 1.54) is 5.56 Å². The van der Waals surface area contributed by atoms with Crippen LogP contribution in [0.1, 0.15) is 41.5 Å². The van der Waals surface area contributed by atoms with Gasteiger partial charge in [-0.2, -0.15) is 0 Å². The molecule has 0 bridgehead atoms. The van der Waals surface area contributed by atoms with Crippen LogP contribution in [-0.2, 0) is 11.2 Å². The maximum atomic E-state index is 12.3. The van der Waals surface area contributed by atoms with Gasteiger partial charge in [-0.25, -0.2) is 4.68 Å². The summed E-state index contributed by atoms with van der Waals surface area (Å²) in [6, 6.07) is 8.12. The number of rotatable bonds is 5. The Bertz CT molecular complexity index is 672. The van der Waals surface area contributed by atoms with Crippen molar-refractivity contribution in [1.82, 2.24) is 20.3 Å². The largest absolute Gasteiger partial charge is 0.376 e. The van der Waals surface area contributed by atoms with Gasteiger partial charge in [-0.1, -0.05) is 24.3 Å². The average Bonchev–Trinajstić information content (AvgIpc) is 3.22. The van der Waals surface area contributed by atoms with Crippen molar-refractivity contribution in [3.63, 3.8) is 0 Å². The Kier molecular flexibility index (Phi) is 4.71. The molecule has 122 valence electrons. The first-order valence-corrected chi connectivity index (χ1v) is 8.10. The smallest absolute Gasteiger partial charge is 0.273 e. The van der Waals surface area contributed by atoms with Crippen LogP contribution in [-0.4, -0.2) is 40.2 Å². The SMILES string of the molecule is CCc1ccc(-n2nnc(C(=O)NCC3CCCO3)c2C)cc1. The van der Waals surface area contributed by atoms with Crippen LogP contribution in [0.3, 0.4) is 0 Å². The summed E-state index contributed by atoms with van der Waals surface area (Å²) in [7, 11) is 0. The molecule has 0 radical (unpaired) electrons. The van der Waals surface area contributed by atoms with Crippen LogP contribution in [0.15, 0.2) is 24.3 Å². The summed E-state index contributed by atoms with van der Waals surface area (Å²) in [5, 5.41) is 11.0. The van der Waals surface area contributed by atoms with Crippen LogP contribution in [0.4, 0.5) is 0 Å². The lowest BCUT2D eigenvalue weighted by Crippen LogP contribution is -2.32. The topological polar surface area (TPSA) is 69.0 Å². The molecule has 0 spiro atoms. The molecule has 1 aliphatic heterocycles. The fourth-order valence-electron chi connectivity index (χ4n) is 2.75. The van der Waals surface area contributed by atoms with E-state index in [0.717, 1.165) is 37.3 Å². The van der Waals surface area contributed by atoms with Gasteiger partial charge in [0.1, 0.15) is 0 Å². The summed E-state index contributed by atoms with van der Waals surface area (Å²) in [5.74, 6) is -0.200. The van der Waals surface area contributed by atoms with E-state index >= 15 is 0 Å². The number of hydrogen-bond donors (Lipinski definition) is 1. The van der Waals surface area contributed by atoms with E-state index in [9.17, 15) is 4.79 Å². The van der Waals surface area contributed by atoms with E-state index in [2.05, 4.69) is 34.7 Å². The van der Waals surface area contributed by atoms with Crippen molar-refractivity contribution < 1.29 is 9.53 Å². The Morgan fingerprint density at radius 3 is 2.83 bits per heavy atom. The van der Waals surface area contributed by atoms with E-state index in [1.54, 1.807) is 4.68 Å². The molecule has 1 aromatic carbocycles. The van der Waals surface area contributed by atoms with Gasteiger partial charge in [0.05, 0.1) is 17.5 Å². The van der Waals surface area contributed by atoms with E-state index < -0.39 is 0 Å². The van der Waals surface area contributed by atoms with Crippen LogP contribution in [0.25, 0.3) is 5.69 Å². The molecule has 23 heavy (non-hydrogen) atoms. The highest BCUT2D eigenvalue weighted by atomic mass is 16.5. The summed E-state index contributed by atoms with van der Waals surface area (Å²) in [6.07, 6.45) is 3.17. The first-order valence-electron chi connectivity index (χ1n) is 8.10. The number of carbonyl (C=O) groups excluding carboxylic acids is 1. The maximum Gasteiger partial charge on any atom is 0.273 e. The number of carbonyl (C=O) groups is 1. The fourth-order valence-corrected chi connectivity index (χ4v) is 2.75. The number of hydrogen-bond acceptors (Lipinski definition) is 4. The molecule has 1 fully saturated rings. The molecular weight excluding hydrogens is 292 g/mol. The maximum absolute atomic E-state index is 12.3. The minimum atomic E-state index is -0.200. The molecule has 1 saturated heterocycles. The molecule has 0 aliphatic carbocycles. The van der Waals surface area contributed by atoms with E-state index in [0.29, 0.717) is 12.2 Å². The van der Waals surface area contributed by atoms with Gasteiger partial charge < -0.3 is 10.1 Å². The minimum Gasteiger partial charge on any atom is -0.376 e. The molecule has 1 amide bonds. The summed E-state index contributed by atoms with van der Waals surface area (Å²) in [6.45, 7) is 5.28. The Morgan fingerprint density at radius 2 is 2.17 bits per heavy atom. The zero-order valence-electron chi connectivity index (χ0n) is 13.6. The van der Waals surface area contributed by atoms with Gasteiger partial charge in [-0.05, 0) is 43.9 Å². The van der Waals surface area contributed by atoms with Gasteiger partial charge in [0, 0.05) is 13.2 Å². The number of aryl methyl sites for hydroxylation is 1. The zero-order valence-corrected chi connectivity index (χ0v) is 13.6. The number of benzene rings is 1. The predicted octanol–water partition coefficient (Wildman–Crippen LogP) is 2.05. The normalized spacial score (nSPS) is 17.4. The lowest BCUT2D eigenvalue weighted by atomic mass is 10.1. The number of amides is 1. The van der Waals surface area contributed by atoms with Gasteiger partial charge in [-0.3, -0.25) is 4.79 Å². The van der Waals surface area contributed by atoms with Gasteiger partial charge in [0.2, 0.25) is 0 Å². The van der Waals surface area contributed by atoms with E-state index in [1.807, 2.05) is 19.1 Å².